The van der Waals surface area contributed by atoms with E-state index in [1.165, 1.54) is 0 Å². The highest BCUT2D eigenvalue weighted by molar-refractivity contribution is 5.80. The summed E-state index contributed by atoms with van der Waals surface area (Å²) in [5, 5.41) is 3.16. The lowest BCUT2D eigenvalue weighted by Crippen LogP contribution is -2.21. The van der Waals surface area contributed by atoms with E-state index >= 15 is 0 Å². The van der Waals surface area contributed by atoms with Crippen LogP contribution in [0, 0.1) is 13.8 Å². The molecule has 0 radical (unpaired) electrons. The first-order valence-electron chi connectivity index (χ1n) is 7.82. The highest BCUT2D eigenvalue weighted by Crippen LogP contribution is 2.28. The number of hydrogen-bond donors (Lipinski definition) is 1. The molecule has 0 aliphatic heterocycles. The number of benzene rings is 1. The van der Waals surface area contributed by atoms with E-state index in [0.29, 0.717) is 5.65 Å². The van der Waals surface area contributed by atoms with E-state index < -0.39 is 0 Å². The number of methoxy groups -OCH3 is 1. The van der Waals surface area contributed by atoms with E-state index in [2.05, 4.69) is 12.0 Å². The Bertz CT molecular complexity index is 905. The van der Waals surface area contributed by atoms with Crippen molar-refractivity contribution in [2.45, 2.75) is 33.6 Å². The Kier molecular flexibility index (Phi) is 3.94. The Morgan fingerprint density at radius 3 is 2.52 bits per heavy atom. The highest BCUT2D eigenvalue weighted by atomic mass is 16.5. The number of aryl methyl sites for hydroxylation is 2. The van der Waals surface area contributed by atoms with Gasteiger partial charge in [-0.25, -0.2) is 9.50 Å². The molecule has 0 spiro atoms. The van der Waals surface area contributed by atoms with Crippen molar-refractivity contribution in [3.63, 3.8) is 0 Å². The third-order valence-corrected chi connectivity index (χ3v) is 4.14. The van der Waals surface area contributed by atoms with Crippen molar-refractivity contribution in [2.75, 3.05) is 7.11 Å². The molecule has 2 aromatic heterocycles. The van der Waals surface area contributed by atoms with Crippen molar-refractivity contribution in [3.8, 4) is 16.9 Å². The van der Waals surface area contributed by atoms with Crippen molar-refractivity contribution >= 4 is 5.65 Å². The second-order valence-electron chi connectivity index (χ2n) is 5.73. The summed E-state index contributed by atoms with van der Waals surface area (Å²) in [4.78, 5) is 17.4. The monoisotopic (exact) mass is 311 g/mol. The summed E-state index contributed by atoms with van der Waals surface area (Å²) in [7, 11) is 1.64. The van der Waals surface area contributed by atoms with Crippen LogP contribution >= 0.6 is 0 Å². The summed E-state index contributed by atoms with van der Waals surface area (Å²) in [6, 6.07) is 7.79. The Hall–Kier alpha value is -2.56. The van der Waals surface area contributed by atoms with Crippen LogP contribution in [0.3, 0.4) is 0 Å². The first-order valence-corrected chi connectivity index (χ1v) is 7.82. The molecule has 5 heteroatoms. The Balaban J connectivity index is 2.25. The largest absolute Gasteiger partial charge is 0.497 e. The number of fused-ring (bicyclic) bond motifs is 1. The van der Waals surface area contributed by atoms with Crippen molar-refractivity contribution in [3.05, 3.63) is 51.6 Å². The average molecular weight is 311 g/mol. The minimum Gasteiger partial charge on any atom is -0.497 e. The number of ether oxygens (including phenoxy) is 1. The molecule has 23 heavy (non-hydrogen) atoms. The second-order valence-corrected chi connectivity index (χ2v) is 5.73. The Morgan fingerprint density at radius 1 is 1.22 bits per heavy atom. The van der Waals surface area contributed by atoms with Crippen LogP contribution in [0.5, 0.6) is 5.75 Å². The van der Waals surface area contributed by atoms with Crippen LogP contribution in [0.1, 0.15) is 30.3 Å². The summed E-state index contributed by atoms with van der Waals surface area (Å²) >= 11 is 0. The number of hydrogen-bond acceptors (Lipinski definition) is 3. The molecule has 3 rings (SSSR count). The van der Waals surface area contributed by atoms with E-state index in [1.807, 2.05) is 38.1 Å². The van der Waals surface area contributed by atoms with E-state index in [4.69, 9.17) is 9.72 Å². The molecule has 2 heterocycles. The fraction of sp³-hybridized carbons (Fsp3) is 0.333. The average Bonchev–Trinajstić information content (AvgIpc) is 2.88. The Labute approximate surface area is 134 Å². The van der Waals surface area contributed by atoms with Gasteiger partial charge in [0, 0.05) is 22.5 Å². The van der Waals surface area contributed by atoms with E-state index in [9.17, 15) is 4.79 Å². The molecule has 120 valence electrons. The molecule has 3 aromatic rings. The van der Waals surface area contributed by atoms with Gasteiger partial charge in [-0.3, -0.25) is 9.89 Å². The SMILES string of the molecule is CCCc1c(C)nc2c(-c3ccc(OC)cc3)c(C)[nH]n2c1=O. The number of nitrogens with zero attached hydrogens (tertiary/aromatic N) is 2. The molecular formula is C18H21N3O2. The van der Waals surface area contributed by atoms with Gasteiger partial charge in [0.15, 0.2) is 5.65 Å². The predicted molar refractivity (Wildman–Crippen MR) is 91.3 cm³/mol. The molecule has 0 aliphatic rings. The summed E-state index contributed by atoms with van der Waals surface area (Å²) < 4.78 is 6.77. The molecule has 0 amide bonds. The lowest BCUT2D eigenvalue weighted by Gasteiger charge is -2.06. The van der Waals surface area contributed by atoms with Crippen molar-refractivity contribution in [1.29, 1.82) is 0 Å². The zero-order valence-corrected chi connectivity index (χ0v) is 13.9. The van der Waals surface area contributed by atoms with Crippen LogP contribution in [0.25, 0.3) is 16.8 Å². The zero-order valence-electron chi connectivity index (χ0n) is 13.9. The lowest BCUT2D eigenvalue weighted by molar-refractivity contribution is 0.415. The fourth-order valence-electron chi connectivity index (χ4n) is 2.97. The molecule has 5 nitrogen and oxygen atoms in total. The molecule has 0 saturated carbocycles. The van der Waals surface area contributed by atoms with E-state index in [0.717, 1.165) is 46.7 Å². The van der Waals surface area contributed by atoms with Crippen LogP contribution in [0.2, 0.25) is 0 Å². The van der Waals surface area contributed by atoms with Crippen LogP contribution in [-0.2, 0) is 6.42 Å². The fourth-order valence-corrected chi connectivity index (χ4v) is 2.97. The van der Waals surface area contributed by atoms with Gasteiger partial charge in [-0.1, -0.05) is 25.5 Å². The van der Waals surface area contributed by atoms with Gasteiger partial charge in [-0.15, -0.1) is 0 Å². The molecule has 0 aliphatic carbocycles. The maximum absolute atomic E-state index is 12.7. The molecule has 0 atom stereocenters. The maximum atomic E-state index is 12.7. The maximum Gasteiger partial charge on any atom is 0.276 e. The predicted octanol–water partition coefficient (Wildman–Crippen LogP) is 3.27. The summed E-state index contributed by atoms with van der Waals surface area (Å²) in [5.41, 5.74) is 5.16. The van der Waals surface area contributed by atoms with Crippen LogP contribution < -0.4 is 10.3 Å². The topological polar surface area (TPSA) is 59.4 Å². The van der Waals surface area contributed by atoms with Crippen molar-refractivity contribution in [2.24, 2.45) is 0 Å². The first-order chi connectivity index (χ1) is 11.1. The first kappa shape index (κ1) is 15.3. The van der Waals surface area contributed by atoms with Crippen LogP contribution in [-0.4, -0.2) is 21.7 Å². The van der Waals surface area contributed by atoms with Gasteiger partial charge in [-0.05, 0) is 38.0 Å². The molecule has 0 fully saturated rings. The minimum absolute atomic E-state index is 0.00258. The van der Waals surface area contributed by atoms with Crippen molar-refractivity contribution in [1.82, 2.24) is 14.6 Å². The third kappa shape index (κ3) is 2.52. The number of nitrogens with one attached hydrogen (secondary N) is 1. The summed E-state index contributed by atoms with van der Waals surface area (Å²) in [6.45, 7) is 5.94. The van der Waals surface area contributed by atoms with E-state index in [1.54, 1.807) is 11.6 Å². The van der Waals surface area contributed by atoms with Gasteiger partial charge in [0.25, 0.3) is 5.56 Å². The molecule has 1 N–H and O–H groups in total. The Morgan fingerprint density at radius 2 is 1.91 bits per heavy atom. The molecular weight excluding hydrogens is 290 g/mol. The summed E-state index contributed by atoms with van der Waals surface area (Å²) in [6.07, 6.45) is 1.67. The number of rotatable bonds is 4. The minimum atomic E-state index is -0.00258. The standard InChI is InChI=1S/C18H21N3O2/c1-5-6-15-11(2)19-17-16(12(3)20-21(17)18(15)22)13-7-9-14(23-4)10-8-13/h7-10,20H,5-6H2,1-4H3. The van der Waals surface area contributed by atoms with Gasteiger partial charge in [0.2, 0.25) is 0 Å². The van der Waals surface area contributed by atoms with Crippen LogP contribution in [0.4, 0.5) is 0 Å². The van der Waals surface area contributed by atoms with Gasteiger partial charge in [0.1, 0.15) is 5.75 Å². The smallest absolute Gasteiger partial charge is 0.276 e. The second kappa shape index (κ2) is 5.91. The number of aromatic amines is 1. The molecule has 1 aromatic carbocycles. The van der Waals surface area contributed by atoms with Gasteiger partial charge in [0.05, 0.1) is 7.11 Å². The van der Waals surface area contributed by atoms with Gasteiger partial charge in [-0.2, -0.15) is 0 Å². The normalized spacial score (nSPS) is 11.1. The highest BCUT2D eigenvalue weighted by Gasteiger charge is 2.17. The van der Waals surface area contributed by atoms with Crippen molar-refractivity contribution < 1.29 is 4.74 Å². The molecule has 0 unspecified atom stereocenters. The quantitative estimate of drug-likeness (QED) is 0.804. The number of H-pyrrole nitrogens is 1. The summed E-state index contributed by atoms with van der Waals surface area (Å²) in [5.74, 6) is 0.804. The third-order valence-electron chi connectivity index (χ3n) is 4.14. The molecule has 0 saturated heterocycles. The lowest BCUT2D eigenvalue weighted by atomic mass is 10.1. The van der Waals surface area contributed by atoms with E-state index in [-0.39, 0.29) is 5.56 Å². The van der Waals surface area contributed by atoms with Gasteiger partial charge < -0.3 is 4.74 Å². The number of aromatic nitrogens is 3. The zero-order chi connectivity index (χ0) is 16.6. The van der Waals surface area contributed by atoms with Gasteiger partial charge >= 0.3 is 0 Å². The van der Waals surface area contributed by atoms with Crippen LogP contribution in [0.15, 0.2) is 29.1 Å². The molecule has 0 bridgehead atoms.